The minimum Gasteiger partial charge on any atom is -0.465 e. The summed E-state index contributed by atoms with van der Waals surface area (Å²) in [6.45, 7) is 6.83. The van der Waals surface area contributed by atoms with Crippen molar-refractivity contribution >= 4 is 39.2 Å². The van der Waals surface area contributed by atoms with Gasteiger partial charge in [-0.15, -0.1) is 11.3 Å². The SMILES string of the molecule is COC(=O)c1sc2nc(C)nc(N3CCC(C(=O)N4CCc5ccccc5C4)CC3)c2c1C. The summed E-state index contributed by atoms with van der Waals surface area (Å²) >= 11 is 1.35. The van der Waals surface area contributed by atoms with Gasteiger partial charge in [0.15, 0.2) is 0 Å². The van der Waals surface area contributed by atoms with Gasteiger partial charge in [0.1, 0.15) is 21.3 Å². The number of carbonyl (C=O) groups excluding carboxylic acids is 2. The van der Waals surface area contributed by atoms with Crippen molar-refractivity contribution in [3.63, 3.8) is 0 Å². The van der Waals surface area contributed by atoms with Gasteiger partial charge in [-0.3, -0.25) is 4.79 Å². The number of thiophene rings is 1. The first kappa shape index (κ1) is 21.8. The van der Waals surface area contributed by atoms with Crippen LogP contribution in [0.2, 0.25) is 0 Å². The highest BCUT2D eigenvalue weighted by molar-refractivity contribution is 7.20. The lowest BCUT2D eigenvalue weighted by molar-refractivity contribution is -0.137. The van der Waals surface area contributed by atoms with E-state index in [0.717, 1.165) is 60.5 Å². The average Bonchev–Trinajstić information content (AvgIpc) is 3.18. The van der Waals surface area contributed by atoms with Crippen LogP contribution in [0.3, 0.4) is 0 Å². The predicted octanol–water partition coefficient (Wildman–Crippen LogP) is 3.90. The Bertz CT molecular complexity index is 1230. The third-order valence-corrected chi connectivity index (χ3v) is 8.01. The van der Waals surface area contributed by atoms with Gasteiger partial charge in [0.25, 0.3) is 0 Å². The fourth-order valence-corrected chi connectivity index (χ4v) is 6.16. The van der Waals surface area contributed by atoms with E-state index in [9.17, 15) is 9.59 Å². The Morgan fingerprint density at radius 2 is 1.79 bits per heavy atom. The molecule has 4 heterocycles. The number of piperidine rings is 1. The van der Waals surface area contributed by atoms with Crippen LogP contribution in [0.5, 0.6) is 0 Å². The molecule has 2 aliphatic rings. The van der Waals surface area contributed by atoms with Gasteiger partial charge in [0.2, 0.25) is 5.91 Å². The number of carbonyl (C=O) groups is 2. The lowest BCUT2D eigenvalue weighted by Crippen LogP contribution is -2.44. The molecule has 33 heavy (non-hydrogen) atoms. The monoisotopic (exact) mass is 464 g/mol. The van der Waals surface area contributed by atoms with E-state index in [-0.39, 0.29) is 17.8 Å². The van der Waals surface area contributed by atoms with Gasteiger partial charge in [0.05, 0.1) is 12.5 Å². The number of hydrogen-bond acceptors (Lipinski definition) is 7. The summed E-state index contributed by atoms with van der Waals surface area (Å²) in [5.41, 5.74) is 3.49. The molecule has 1 aromatic carbocycles. The highest BCUT2D eigenvalue weighted by Crippen LogP contribution is 2.37. The summed E-state index contributed by atoms with van der Waals surface area (Å²) < 4.78 is 4.95. The molecule has 1 saturated heterocycles. The number of aromatic nitrogens is 2. The third kappa shape index (κ3) is 3.97. The maximum absolute atomic E-state index is 13.3. The van der Waals surface area contributed by atoms with Crippen molar-refractivity contribution in [2.24, 2.45) is 5.92 Å². The van der Waals surface area contributed by atoms with Crippen LogP contribution in [0.4, 0.5) is 5.82 Å². The van der Waals surface area contributed by atoms with Gasteiger partial charge >= 0.3 is 5.97 Å². The summed E-state index contributed by atoms with van der Waals surface area (Å²) in [7, 11) is 1.40. The number of amides is 1. The predicted molar refractivity (Wildman–Crippen MR) is 129 cm³/mol. The zero-order valence-corrected chi connectivity index (χ0v) is 20.1. The molecule has 7 nitrogen and oxygen atoms in total. The van der Waals surface area contributed by atoms with Crippen LogP contribution in [-0.4, -0.2) is 53.5 Å². The zero-order chi connectivity index (χ0) is 23.1. The number of nitrogens with zero attached hydrogens (tertiary/aromatic N) is 4. The number of methoxy groups -OCH3 is 1. The van der Waals surface area contributed by atoms with Gasteiger partial charge in [-0.2, -0.15) is 0 Å². The topological polar surface area (TPSA) is 75.6 Å². The molecular weight excluding hydrogens is 436 g/mol. The number of esters is 1. The van der Waals surface area contributed by atoms with Crippen molar-refractivity contribution < 1.29 is 14.3 Å². The second kappa shape index (κ2) is 8.74. The van der Waals surface area contributed by atoms with Gasteiger partial charge in [0, 0.05) is 32.1 Å². The van der Waals surface area contributed by atoms with E-state index in [4.69, 9.17) is 9.72 Å². The Morgan fingerprint density at radius 3 is 2.52 bits per heavy atom. The molecule has 0 spiro atoms. The quantitative estimate of drug-likeness (QED) is 0.548. The Hall–Kier alpha value is -3.00. The fraction of sp³-hybridized carbons (Fsp3) is 0.440. The second-order valence-electron chi connectivity index (χ2n) is 8.86. The van der Waals surface area contributed by atoms with Crippen molar-refractivity contribution in [3.8, 4) is 0 Å². The summed E-state index contributed by atoms with van der Waals surface area (Å²) in [5, 5.41) is 0.920. The van der Waals surface area contributed by atoms with Crippen molar-refractivity contribution in [1.82, 2.24) is 14.9 Å². The molecule has 0 N–H and O–H groups in total. The van der Waals surface area contributed by atoms with Crippen LogP contribution in [0, 0.1) is 19.8 Å². The van der Waals surface area contributed by atoms with Crippen LogP contribution >= 0.6 is 11.3 Å². The number of rotatable bonds is 3. The maximum atomic E-state index is 13.3. The highest BCUT2D eigenvalue weighted by atomic mass is 32.1. The first-order valence-corrected chi connectivity index (χ1v) is 12.2. The number of anilines is 1. The summed E-state index contributed by atoms with van der Waals surface area (Å²) in [6.07, 6.45) is 2.53. The molecule has 1 amide bonds. The van der Waals surface area contributed by atoms with E-state index in [2.05, 4.69) is 28.1 Å². The minimum atomic E-state index is -0.341. The molecule has 1 fully saturated rings. The molecule has 2 aliphatic heterocycles. The largest absolute Gasteiger partial charge is 0.465 e. The first-order valence-electron chi connectivity index (χ1n) is 11.4. The number of benzene rings is 1. The molecule has 0 radical (unpaired) electrons. The molecular formula is C25H28N4O3S. The number of hydrogen-bond donors (Lipinski definition) is 0. The smallest absolute Gasteiger partial charge is 0.348 e. The van der Waals surface area contributed by atoms with Gasteiger partial charge < -0.3 is 14.5 Å². The highest BCUT2D eigenvalue weighted by Gasteiger charge is 2.32. The normalized spacial score (nSPS) is 16.7. The van der Waals surface area contributed by atoms with Gasteiger partial charge in [-0.1, -0.05) is 24.3 Å². The fourth-order valence-electron chi connectivity index (χ4n) is 5.02. The van der Waals surface area contributed by atoms with Crippen LogP contribution < -0.4 is 4.90 Å². The minimum absolute atomic E-state index is 0.0409. The Morgan fingerprint density at radius 1 is 1.06 bits per heavy atom. The third-order valence-electron chi connectivity index (χ3n) is 6.84. The Kier molecular flexibility index (Phi) is 5.78. The maximum Gasteiger partial charge on any atom is 0.348 e. The molecule has 2 aromatic heterocycles. The Balaban J connectivity index is 1.33. The van der Waals surface area contributed by atoms with Gasteiger partial charge in [-0.25, -0.2) is 14.8 Å². The molecule has 172 valence electrons. The van der Waals surface area contributed by atoms with Crippen LogP contribution in [-0.2, 0) is 22.5 Å². The molecule has 0 atom stereocenters. The molecule has 8 heteroatoms. The lowest BCUT2D eigenvalue weighted by atomic mass is 9.93. The van der Waals surface area contributed by atoms with Crippen molar-refractivity contribution in [2.45, 2.75) is 39.7 Å². The van der Waals surface area contributed by atoms with E-state index in [0.29, 0.717) is 17.2 Å². The number of fused-ring (bicyclic) bond motifs is 2. The average molecular weight is 465 g/mol. The van der Waals surface area contributed by atoms with Crippen molar-refractivity contribution in [3.05, 3.63) is 51.7 Å². The second-order valence-corrected chi connectivity index (χ2v) is 9.86. The summed E-state index contributed by atoms with van der Waals surface area (Å²) in [4.78, 5) is 40.4. The van der Waals surface area contributed by atoms with E-state index in [1.807, 2.05) is 24.8 Å². The number of ether oxygens (including phenoxy) is 1. The van der Waals surface area contributed by atoms with Crippen LogP contribution in [0.25, 0.3) is 10.2 Å². The molecule has 0 aliphatic carbocycles. The molecule has 0 saturated carbocycles. The van der Waals surface area contributed by atoms with Crippen molar-refractivity contribution in [2.75, 3.05) is 31.6 Å². The molecule has 5 rings (SSSR count). The standard InChI is InChI=1S/C25H28N4O3S/c1-15-20-22(26-16(2)27-23(20)33-21(15)25(31)32-3)28-11-9-18(10-12-28)24(30)29-13-8-17-6-4-5-7-19(17)14-29/h4-7,18H,8-14H2,1-3H3. The van der Waals surface area contributed by atoms with E-state index >= 15 is 0 Å². The molecule has 0 unspecified atom stereocenters. The van der Waals surface area contributed by atoms with E-state index in [1.54, 1.807) is 0 Å². The molecule has 3 aromatic rings. The lowest BCUT2D eigenvalue weighted by Gasteiger charge is -2.36. The number of aryl methyl sites for hydroxylation is 2. The molecule has 0 bridgehead atoms. The summed E-state index contributed by atoms with van der Waals surface area (Å²) in [6, 6.07) is 8.42. The van der Waals surface area contributed by atoms with Crippen LogP contribution in [0.1, 0.15) is 45.0 Å². The first-order chi connectivity index (χ1) is 16.0. The Labute approximate surface area is 197 Å². The van der Waals surface area contributed by atoms with Crippen LogP contribution in [0.15, 0.2) is 24.3 Å². The van der Waals surface area contributed by atoms with Gasteiger partial charge in [-0.05, 0) is 49.8 Å². The zero-order valence-electron chi connectivity index (χ0n) is 19.3. The summed E-state index contributed by atoms with van der Waals surface area (Å²) in [5.74, 6) is 1.51. The van der Waals surface area contributed by atoms with Crippen molar-refractivity contribution in [1.29, 1.82) is 0 Å². The van der Waals surface area contributed by atoms with E-state index < -0.39 is 0 Å². The van der Waals surface area contributed by atoms with E-state index in [1.165, 1.54) is 29.6 Å².